The number of quaternary nitrogens is 1. The molecule has 7 nitrogen and oxygen atoms in total. The molecule has 0 radical (unpaired) electrons. The predicted octanol–water partition coefficient (Wildman–Crippen LogP) is 5.38. The number of unbranched alkanes of at least 4 members (excludes halogenated alkanes) is 1. The number of pyridine rings is 1. The van der Waals surface area contributed by atoms with Gasteiger partial charge in [-0.25, -0.2) is 0 Å². The number of fused-ring (bicyclic) bond motifs is 3. The Morgan fingerprint density at radius 1 is 1.11 bits per heavy atom. The molecule has 4 rings (SSSR count). The molecule has 1 atom stereocenters. The number of benzene rings is 2. The van der Waals surface area contributed by atoms with E-state index in [2.05, 4.69) is 16.9 Å². The van der Waals surface area contributed by atoms with Crippen molar-refractivity contribution in [2.45, 2.75) is 32.7 Å². The van der Waals surface area contributed by atoms with E-state index in [4.69, 9.17) is 0 Å². The summed E-state index contributed by atoms with van der Waals surface area (Å²) in [6.07, 6.45) is 4.11. The third kappa shape index (κ3) is 3.04. The summed E-state index contributed by atoms with van der Waals surface area (Å²) < 4.78 is -0.670. The number of hydrogen-bond acceptors (Lipinski definition) is 5. The van der Waals surface area contributed by atoms with E-state index in [0.29, 0.717) is 23.6 Å². The number of nitro groups is 1. The van der Waals surface area contributed by atoms with E-state index in [1.165, 1.54) is 12.1 Å². The van der Waals surface area contributed by atoms with Crippen LogP contribution in [-0.4, -0.2) is 15.7 Å². The van der Waals surface area contributed by atoms with Gasteiger partial charge in [0.05, 0.1) is 22.0 Å². The van der Waals surface area contributed by atoms with Crippen molar-refractivity contribution in [2.75, 3.05) is 0 Å². The Kier molecular flexibility index (Phi) is 4.62. The first-order valence-electron chi connectivity index (χ1n) is 9.32. The first-order chi connectivity index (χ1) is 13.5. The number of aromatic nitrogens is 1. The molecule has 0 N–H and O–H groups in total. The average Bonchev–Trinajstić information content (AvgIpc) is 2.98. The summed E-state index contributed by atoms with van der Waals surface area (Å²) in [5.41, 5.74) is 2.73. The van der Waals surface area contributed by atoms with Crippen molar-refractivity contribution in [2.24, 2.45) is 4.99 Å². The van der Waals surface area contributed by atoms with E-state index < -0.39 is 9.57 Å². The first-order valence-corrected chi connectivity index (χ1v) is 9.32. The minimum Gasteiger partial charge on any atom is -0.621 e. The second-order valence-corrected chi connectivity index (χ2v) is 6.96. The highest BCUT2D eigenvalue weighted by molar-refractivity contribution is 6.10. The van der Waals surface area contributed by atoms with Gasteiger partial charge in [0.1, 0.15) is 12.2 Å². The van der Waals surface area contributed by atoms with Crippen LogP contribution in [0.5, 0.6) is 0 Å². The van der Waals surface area contributed by atoms with Crippen LogP contribution in [0.15, 0.2) is 59.7 Å². The molecule has 1 aliphatic rings. The number of para-hydroxylation sites is 1. The normalized spacial score (nSPS) is 18.1. The smallest absolute Gasteiger partial charge is 0.269 e. The van der Waals surface area contributed by atoms with E-state index in [1.807, 2.05) is 24.3 Å². The first kappa shape index (κ1) is 18.2. The van der Waals surface area contributed by atoms with Gasteiger partial charge in [0.25, 0.3) is 5.69 Å². The molecule has 0 aliphatic carbocycles. The molecule has 7 heteroatoms. The summed E-state index contributed by atoms with van der Waals surface area (Å²) >= 11 is 0. The van der Waals surface area contributed by atoms with Gasteiger partial charge in [-0.1, -0.05) is 25.5 Å². The van der Waals surface area contributed by atoms with Gasteiger partial charge in [0.2, 0.25) is 5.84 Å². The van der Waals surface area contributed by atoms with Crippen molar-refractivity contribution in [3.8, 4) is 0 Å². The highest BCUT2D eigenvalue weighted by atomic mass is 16.6. The number of amidine groups is 1. The van der Waals surface area contributed by atoms with Crippen molar-refractivity contribution < 1.29 is 4.92 Å². The lowest BCUT2D eigenvalue weighted by molar-refractivity contribution is -0.384. The maximum Gasteiger partial charge on any atom is 0.269 e. The fourth-order valence-electron chi connectivity index (χ4n) is 3.65. The number of rotatable bonds is 6. The van der Waals surface area contributed by atoms with Gasteiger partial charge in [-0.05, 0) is 30.7 Å². The molecule has 142 valence electrons. The highest BCUT2D eigenvalue weighted by Crippen LogP contribution is 2.46. The maximum atomic E-state index is 14.2. The lowest BCUT2D eigenvalue weighted by Gasteiger charge is -2.39. The Hall–Kier alpha value is -3.16. The molecular formula is C21H20N4O3. The zero-order valence-electron chi connectivity index (χ0n) is 15.5. The SMILES string of the molecule is CCCCC1=Nc2cnc3ccccc3c2[N+]1([O-])Cc1ccc([N+](=O)[O-])cc1. The van der Waals surface area contributed by atoms with Crippen LogP contribution in [0.4, 0.5) is 17.1 Å². The molecule has 0 fully saturated rings. The van der Waals surface area contributed by atoms with Crippen molar-refractivity contribution in [3.05, 3.63) is 75.6 Å². The predicted molar refractivity (Wildman–Crippen MR) is 110 cm³/mol. The van der Waals surface area contributed by atoms with E-state index >= 15 is 0 Å². The van der Waals surface area contributed by atoms with Gasteiger partial charge >= 0.3 is 0 Å². The topological polar surface area (TPSA) is 91.5 Å². The van der Waals surface area contributed by atoms with Crippen molar-refractivity contribution >= 4 is 33.8 Å². The lowest BCUT2D eigenvalue weighted by atomic mass is 10.1. The van der Waals surface area contributed by atoms with E-state index in [0.717, 1.165) is 29.3 Å². The minimum atomic E-state index is -0.670. The molecule has 0 saturated carbocycles. The second kappa shape index (κ2) is 7.10. The van der Waals surface area contributed by atoms with Crippen LogP contribution in [0.25, 0.3) is 10.9 Å². The van der Waals surface area contributed by atoms with E-state index in [-0.39, 0.29) is 12.2 Å². The lowest BCUT2D eigenvalue weighted by Crippen LogP contribution is -2.46. The molecule has 0 spiro atoms. The number of nitro benzene ring substituents is 1. The largest absolute Gasteiger partial charge is 0.621 e. The molecule has 2 heterocycles. The van der Waals surface area contributed by atoms with Crippen LogP contribution < -0.4 is 4.65 Å². The highest BCUT2D eigenvalue weighted by Gasteiger charge is 2.38. The minimum absolute atomic E-state index is 0.0116. The fraction of sp³-hybridized carbons (Fsp3) is 0.238. The van der Waals surface area contributed by atoms with Gasteiger partial charge in [-0.15, -0.1) is 0 Å². The number of hydroxylamine groups is 2. The monoisotopic (exact) mass is 376 g/mol. The number of hydrogen-bond donors (Lipinski definition) is 0. The summed E-state index contributed by atoms with van der Waals surface area (Å²) in [7, 11) is 0. The van der Waals surface area contributed by atoms with Crippen molar-refractivity contribution in [3.63, 3.8) is 0 Å². The summed E-state index contributed by atoms with van der Waals surface area (Å²) in [4.78, 5) is 19.6. The Morgan fingerprint density at radius 3 is 2.57 bits per heavy atom. The Labute approximate surface area is 162 Å². The number of aliphatic imine (C=N–C) groups is 1. The quantitative estimate of drug-likeness (QED) is 0.250. The van der Waals surface area contributed by atoms with Gasteiger partial charge in [0.15, 0.2) is 5.69 Å². The van der Waals surface area contributed by atoms with Gasteiger partial charge in [0, 0.05) is 24.1 Å². The molecule has 1 aliphatic heterocycles. The fourth-order valence-corrected chi connectivity index (χ4v) is 3.65. The number of nitrogens with zero attached hydrogens (tertiary/aromatic N) is 4. The van der Waals surface area contributed by atoms with Crippen LogP contribution >= 0.6 is 0 Å². The average molecular weight is 376 g/mol. The van der Waals surface area contributed by atoms with Crippen LogP contribution in [-0.2, 0) is 6.54 Å². The van der Waals surface area contributed by atoms with Gasteiger partial charge in [-0.3, -0.25) is 19.7 Å². The molecule has 0 bridgehead atoms. The van der Waals surface area contributed by atoms with Gasteiger partial charge in [-0.2, -0.15) is 4.99 Å². The molecule has 0 saturated heterocycles. The molecule has 2 aromatic carbocycles. The molecule has 0 amide bonds. The summed E-state index contributed by atoms with van der Waals surface area (Å²) in [5, 5.41) is 25.9. The van der Waals surface area contributed by atoms with Crippen LogP contribution in [0.2, 0.25) is 0 Å². The standard InChI is InChI=1S/C21H20N4O3/c1-2-3-8-20-23-19-13-22-18-7-5-4-6-17(18)21(19)25(20,28)14-15-9-11-16(12-10-15)24(26)27/h4-7,9-13H,2-3,8,14H2,1H3. The summed E-state index contributed by atoms with van der Waals surface area (Å²) in [6, 6.07) is 13.7. The van der Waals surface area contributed by atoms with Crippen LogP contribution in [0.3, 0.4) is 0 Å². The summed E-state index contributed by atoms with van der Waals surface area (Å²) in [5.74, 6) is 0.563. The summed E-state index contributed by atoms with van der Waals surface area (Å²) in [6.45, 7) is 2.22. The number of non-ortho nitro benzene ring substituents is 1. The third-order valence-electron chi connectivity index (χ3n) is 5.06. The van der Waals surface area contributed by atoms with Crippen molar-refractivity contribution in [1.29, 1.82) is 0 Å². The Balaban J connectivity index is 1.81. The molecule has 3 aromatic rings. The molecule has 28 heavy (non-hydrogen) atoms. The second-order valence-electron chi connectivity index (χ2n) is 6.96. The van der Waals surface area contributed by atoms with Crippen molar-refractivity contribution in [1.82, 2.24) is 9.63 Å². The zero-order valence-corrected chi connectivity index (χ0v) is 15.5. The Bertz CT molecular complexity index is 1080. The maximum absolute atomic E-state index is 14.2. The van der Waals surface area contributed by atoms with Crippen LogP contribution in [0.1, 0.15) is 31.7 Å². The van der Waals surface area contributed by atoms with Crippen LogP contribution in [0, 0.1) is 15.3 Å². The zero-order chi connectivity index (χ0) is 19.7. The molecular weight excluding hydrogens is 356 g/mol. The third-order valence-corrected chi connectivity index (χ3v) is 5.06. The van der Waals surface area contributed by atoms with Gasteiger partial charge < -0.3 is 5.21 Å². The molecule has 1 unspecified atom stereocenters. The molecule has 1 aromatic heterocycles. The van der Waals surface area contributed by atoms with E-state index in [1.54, 1.807) is 18.3 Å². The van der Waals surface area contributed by atoms with E-state index in [9.17, 15) is 15.3 Å². The Morgan fingerprint density at radius 2 is 1.86 bits per heavy atom.